The second-order valence-corrected chi connectivity index (χ2v) is 8.08. The standard InChI is InChI=1S/C25H31FN4O2/c1-5-13-27-24-23(26)22(11-14-28-24)30-15-12-21(16-30)32-20-9-7-19(8-10-20)18(4)25(31)29-17(3)6-2/h2,7-11,14,17-18,21H,5,12-13,15-16H2,1,3-4H3,(H,27,28)(H,29,31)/t17?,18?,21-/m1/s1. The normalized spacial score (nSPS) is 17.3. The Balaban J connectivity index is 1.58. The third kappa shape index (κ3) is 5.70. The number of pyridine rings is 1. The van der Waals surface area contributed by atoms with E-state index in [0.717, 1.165) is 24.2 Å². The van der Waals surface area contributed by atoms with Crippen molar-refractivity contribution in [2.24, 2.45) is 0 Å². The van der Waals surface area contributed by atoms with Gasteiger partial charge in [-0.2, -0.15) is 0 Å². The minimum Gasteiger partial charge on any atom is -0.489 e. The number of aromatic nitrogens is 1. The zero-order valence-corrected chi connectivity index (χ0v) is 18.9. The largest absolute Gasteiger partial charge is 0.489 e. The maximum atomic E-state index is 14.8. The van der Waals surface area contributed by atoms with E-state index in [2.05, 4.69) is 21.5 Å². The summed E-state index contributed by atoms with van der Waals surface area (Å²) in [5.74, 6) is 2.77. The molecular weight excluding hydrogens is 407 g/mol. The summed E-state index contributed by atoms with van der Waals surface area (Å²) < 4.78 is 21.0. The van der Waals surface area contributed by atoms with Crippen molar-refractivity contribution in [1.82, 2.24) is 10.3 Å². The van der Waals surface area contributed by atoms with E-state index >= 15 is 0 Å². The first-order valence-electron chi connectivity index (χ1n) is 11.1. The van der Waals surface area contributed by atoms with Gasteiger partial charge in [-0.1, -0.05) is 25.0 Å². The van der Waals surface area contributed by atoms with Crippen molar-refractivity contribution in [1.29, 1.82) is 0 Å². The highest BCUT2D eigenvalue weighted by Gasteiger charge is 2.27. The molecular formula is C25H31FN4O2. The van der Waals surface area contributed by atoms with Gasteiger partial charge in [0.2, 0.25) is 5.91 Å². The number of anilines is 2. The second-order valence-electron chi connectivity index (χ2n) is 8.08. The molecule has 0 bridgehead atoms. The highest BCUT2D eigenvalue weighted by atomic mass is 19.1. The van der Waals surface area contributed by atoms with Crippen molar-refractivity contribution in [3.8, 4) is 18.1 Å². The van der Waals surface area contributed by atoms with Gasteiger partial charge in [0.05, 0.1) is 24.2 Å². The first kappa shape index (κ1) is 23.4. The maximum Gasteiger partial charge on any atom is 0.228 e. The summed E-state index contributed by atoms with van der Waals surface area (Å²) in [5.41, 5.74) is 1.43. The Morgan fingerprint density at radius 1 is 1.34 bits per heavy atom. The average molecular weight is 439 g/mol. The van der Waals surface area contributed by atoms with Gasteiger partial charge in [-0.3, -0.25) is 4.79 Å². The fourth-order valence-electron chi connectivity index (χ4n) is 3.65. The molecule has 1 aromatic carbocycles. The van der Waals surface area contributed by atoms with Crippen LogP contribution in [0.15, 0.2) is 36.5 Å². The molecule has 1 fully saturated rings. The van der Waals surface area contributed by atoms with Gasteiger partial charge in [0, 0.05) is 25.7 Å². The summed E-state index contributed by atoms with van der Waals surface area (Å²) in [6.07, 6.45) is 8.61. The molecule has 0 aliphatic carbocycles. The summed E-state index contributed by atoms with van der Waals surface area (Å²) in [6.45, 7) is 7.63. The molecule has 7 heteroatoms. The quantitative estimate of drug-likeness (QED) is 0.581. The van der Waals surface area contributed by atoms with Crippen LogP contribution in [0.25, 0.3) is 0 Å². The smallest absolute Gasteiger partial charge is 0.228 e. The third-order valence-corrected chi connectivity index (χ3v) is 5.58. The van der Waals surface area contributed by atoms with E-state index in [1.54, 1.807) is 19.2 Å². The molecule has 2 heterocycles. The van der Waals surface area contributed by atoms with Crippen molar-refractivity contribution < 1.29 is 13.9 Å². The molecule has 0 radical (unpaired) electrons. The van der Waals surface area contributed by atoms with Crippen molar-refractivity contribution in [3.63, 3.8) is 0 Å². The van der Waals surface area contributed by atoms with Crippen molar-refractivity contribution in [2.75, 3.05) is 29.9 Å². The summed E-state index contributed by atoms with van der Waals surface area (Å²) >= 11 is 0. The van der Waals surface area contributed by atoms with Crippen molar-refractivity contribution in [3.05, 3.63) is 47.9 Å². The minimum absolute atomic E-state index is 0.0438. The van der Waals surface area contributed by atoms with Crippen LogP contribution in [0.5, 0.6) is 5.75 Å². The zero-order valence-electron chi connectivity index (χ0n) is 18.9. The fraction of sp³-hybridized carbons (Fsp3) is 0.440. The molecule has 1 aromatic heterocycles. The molecule has 6 nitrogen and oxygen atoms in total. The molecule has 1 saturated heterocycles. The first-order valence-corrected chi connectivity index (χ1v) is 11.1. The van der Waals surface area contributed by atoms with Gasteiger partial charge in [-0.25, -0.2) is 9.37 Å². The number of benzene rings is 1. The number of hydrogen-bond acceptors (Lipinski definition) is 5. The predicted molar refractivity (Wildman–Crippen MR) is 126 cm³/mol. The maximum absolute atomic E-state index is 14.8. The topological polar surface area (TPSA) is 66.5 Å². The second kappa shape index (κ2) is 10.9. The number of hydrogen-bond donors (Lipinski definition) is 2. The van der Waals surface area contributed by atoms with Gasteiger partial charge >= 0.3 is 0 Å². The molecule has 1 aliphatic rings. The van der Waals surface area contributed by atoms with Crippen molar-refractivity contribution in [2.45, 2.75) is 51.7 Å². The molecule has 170 valence electrons. The highest BCUT2D eigenvalue weighted by molar-refractivity contribution is 5.83. The number of nitrogens with zero attached hydrogens (tertiary/aromatic N) is 2. The van der Waals surface area contributed by atoms with Gasteiger partial charge in [-0.05, 0) is 44.0 Å². The van der Waals surface area contributed by atoms with Crippen LogP contribution in [0.1, 0.15) is 45.1 Å². The van der Waals surface area contributed by atoms with Crippen LogP contribution in [0.4, 0.5) is 15.9 Å². The number of carbonyl (C=O) groups is 1. The Kier molecular flexibility index (Phi) is 7.93. The van der Waals surface area contributed by atoms with Crippen LogP contribution in [-0.4, -0.2) is 42.7 Å². The van der Waals surface area contributed by atoms with E-state index in [1.807, 2.05) is 43.0 Å². The van der Waals surface area contributed by atoms with Crippen molar-refractivity contribution >= 4 is 17.4 Å². The molecule has 32 heavy (non-hydrogen) atoms. The summed E-state index contributed by atoms with van der Waals surface area (Å²) in [5, 5.41) is 5.82. The molecule has 0 saturated carbocycles. The fourth-order valence-corrected chi connectivity index (χ4v) is 3.65. The first-order chi connectivity index (χ1) is 15.4. The number of rotatable bonds is 9. The number of nitrogens with one attached hydrogen (secondary N) is 2. The van der Waals surface area contributed by atoms with E-state index in [1.165, 1.54) is 0 Å². The molecule has 2 aromatic rings. The number of ether oxygens (including phenoxy) is 1. The summed E-state index contributed by atoms with van der Waals surface area (Å²) in [4.78, 5) is 18.4. The van der Waals surface area contributed by atoms with E-state index in [9.17, 15) is 9.18 Å². The van der Waals surface area contributed by atoms with Crippen LogP contribution < -0.4 is 20.3 Å². The number of amides is 1. The lowest BCUT2D eigenvalue weighted by Crippen LogP contribution is -2.34. The zero-order chi connectivity index (χ0) is 23.1. The van der Waals surface area contributed by atoms with Gasteiger partial charge in [-0.15, -0.1) is 6.42 Å². The van der Waals surface area contributed by atoms with E-state index in [-0.39, 0.29) is 29.8 Å². The lowest BCUT2D eigenvalue weighted by molar-refractivity contribution is -0.122. The molecule has 1 amide bonds. The lowest BCUT2D eigenvalue weighted by atomic mass is 10.00. The molecule has 0 spiro atoms. The van der Waals surface area contributed by atoms with Crippen LogP contribution >= 0.6 is 0 Å². The third-order valence-electron chi connectivity index (χ3n) is 5.58. The van der Waals surface area contributed by atoms with E-state index in [4.69, 9.17) is 11.2 Å². The van der Waals surface area contributed by atoms with Crippen LogP contribution in [0.3, 0.4) is 0 Å². The predicted octanol–water partition coefficient (Wildman–Crippen LogP) is 3.94. The van der Waals surface area contributed by atoms with Gasteiger partial charge in [0.25, 0.3) is 0 Å². The average Bonchev–Trinajstić information content (AvgIpc) is 3.26. The molecule has 1 aliphatic heterocycles. The SMILES string of the molecule is C#CC(C)NC(=O)C(C)c1ccc(O[C@@H]2CCN(c3ccnc(NCCC)c3F)C2)cc1. The van der Waals surface area contributed by atoms with Crippen LogP contribution in [0, 0.1) is 18.2 Å². The van der Waals surface area contributed by atoms with E-state index in [0.29, 0.717) is 31.1 Å². The Morgan fingerprint density at radius 3 is 2.78 bits per heavy atom. The minimum atomic E-state index is -0.322. The number of terminal acetylenes is 1. The van der Waals surface area contributed by atoms with Gasteiger partial charge in [0.1, 0.15) is 11.9 Å². The highest BCUT2D eigenvalue weighted by Crippen LogP contribution is 2.29. The molecule has 2 N–H and O–H groups in total. The van der Waals surface area contributed by atoms with Crippen LogP contribution in [0.2, 0.25) is 0 Å². The van der Waals surface area contributed by atoms with Gasteiger partial charge in [0.15, 0.2) is 11.6 Å². The van der Waals surface area contributed by atoms with E-state index < -0.39 is 0 Å². The van der Waals surface area contributed by atoms with Gasteiger partial charge < -0.3 is 20.3 Å². The Bertz CT molecular complexity index is 957. The Hall–Kier alpha value is -3.27. The van der Waals surface area contributed by atoms with Crippen LogP contribution in [-0.2, 0) is 4.79 Å². The molecule has 3 atom stereocenters. The number of carbonyl (C=O) groups excluding carboxylic acids is 1. The summed E-state index contributed by atoms with van der Waals surface area (Å²) in [7, 11) is 0. The monoisotopic (exact) mass is 438 g/mol. The molecule has 3 rings (SSSR count). The Morgan fingerprint density at radius 2 is 2.09 bits per heavy atom. The Labute approximate surface area is 189 Å². The summed E-state index contributed by atoms with van der Waals surface area (Å²) in [6, 6.07) is 8.92. The lowest BCUT2D eigenvalue weighted by Gasteiger charge is -2.21. The number of halogens is 1. The molecule has 2 unspecified atom stereocenters.